The molecule has 1 aliphatic heterocycles. The van der Waals surface area contributed by atoms with Crippen LogP contribution in [0.2, 0.25) is 39.3 Å². The molecule has 0 bridgehead atoms. The van der Waals surface area contributed by atoms with Crippen LogP contribution in [0.4, 0.5) is 0 Å². The van der Waals surface area contributed by atoms with E-state index in [-0.39, 0.29) is 0 Å². The van der Waals surface area contributed by atoms with E-state index in [1.807, 2.05) is 39.3 Å². The van der Waals surface area contributed by atoms with Gasteiger partial charge in [0, 0.05) is 12.0 Å². The van der Waals surface area contributed by atoms with Gasteiger partial charge >= 0.3 is 0 Å². The average molecular weight is 362 g/mol. The lowest BCUT2D eigenvalue weighted by molar-refractivity contribution is -0.236. The zero-order chi connectivity index (χ0) is 17.8. The molecule has 1 fully saturated rings. The summed E-state index contributed by atoms with van der Waals surface area (Å²) in [5.74, 6) is 0. The SMILES string of the molecule is COC1O[C@H](C=O)[C@H](O[Si](C)(C)C)[C@H](O[Si](C)(C)C)[C@H]1N=[N+]=[N-]. The lowest BCUT2D eigenvalue weighted by Crippen LogP contribution is -2.63. The van der Waals surface area contributed by atoms with Crippen molar-refractivity contribution in [1.29, 1.82) is 0 Å². The Morgan fingerprint density at radius 3 is 2.00 bits per heavy atom. The number of carbonyl (C=O) groups excluding carboxylic acids is 1. The Balaban J connectivity index is 3.26. The second-order valence-electron chi connectivity index (χ2n) is 7.43. The predicted octanol–water partition coefficient (Wildman–Crippen LogP) is 2.68. The number of rotatable bonds is 7. The summed E-state index contributed by atoms with van der Waals surface area (Å²) in [6.45, 7) is 12.1. The number of hydrogen-bond donors (Lipinski definition) is 0. The minimum absolute atomic E-state index is 0.585. The van der Waals surface area contributed by atoms with Crippen LogP contribution in [0.1, 0.15) is 0 Å². The van der Waals surface area contributed by atoms with Gasteiger partial charge in [0.2, 0.25) is 0 Å². The Kier molecular flexibility index (Phi) is 6.96. The number of hydrogen-bond acceptors (Lipinski definition) is 6. The molecule has 0 aromatic carbocycles. The third-order valence-electron chi connectivity index (χ3n) is 3.08. The lowest BCUT2D eigenvalue weighted by atomic mass is 9.98. The number of nitrogens with zero attached hydrogens (tertiary/aromatic N) is 3. The Labute approximate surface area is 139 Å². The second-order valence-corrected chi connectivity index (χ2v) is 16.3. The zero-order valence-electron chi connectivity index (χ0n) is 14.8. The van der Waals surface area contributed by atoms with Gasteiger partial charge in [0.05, 0.1) is 6.10 Å². The molecular weight excluding hydrogens is 334 g/mol. The van der Waals surface area contributed by atoms with Gasteiger partial charge in [-0.2, -0.15) is 0 Å². The molecule has 0 spiro atoms. The van der Waals surface area contributed by atoms with Gasteiger partial charge in [-0.05, 0) is 44.8 Å². The molecule has 1 unspecified atom stereocenters. The van der Waals surface area contributed by atoms with E-state index >= 15 is 0 Å². The van der Waals surface area contributed by atoms with Gasteiger partial charge in [-0.15, -0.1) is 0 Å². The molecule has 8 nitrogen and oxygen atoms in total. The quantitative estimate of drug-likeness (QED) is 0.228. The molecule has 5 atom stereocenters. The van der Waals surface area contributed by atoms with E-state index in [2.05, 4.69) is 10.0 Å². The number of azide groups is 1. The Morgan fingerprint density at radius 1 is 1.09 bits per heavy atom. The maximum atomic E-state index is 11.5. The van der Waals surface area contributed by atoms with Crippen molar-refractivity contribution in [3.8, 4) is 0 Å². The van der Waals surface area contributed by atoms with Crippen molar-refractivity contribution in [2.45, 2.75) is 69.9 Å². The fraction of sp³-hybridized carbons (Fsp3) is 0.923. The van der Waals surface area contributed by atoms with Crippen LogP contribution in [0.15, 0.2) is 5.11 Å². The zero-order valence-corrected chi connectivity index (χ0v) is 16.8. The van der Waals surface area contributed by atoms with E-state index in [0.29, 0.717) is 6.29 Å². The first-order chi connectivity index (χ1) is 10.5. The van der Waals surface area contributed by atoms with E-state index < -0.39 is 47.3 Å². The van der Waals surface area contributed by atoms with E-state index in [0.717, 1.165) is 0 Å². The van der Waals surface area contributed by atoms with Crippen molar-refractivity contribution in [1.82, 2.24) is 0 Å². The van der Waals surface area contributed by atoms with E-state index in [1.165, 1.54) is 7.11 Å². The molecule has 1 aliphatic rings. The van der Waals surface area contributed by atoms with E-state index in [1.54, 1.807) is 0 Å². The highest BCUT2D eigenvalue weighted by Crippen LogP contribution is 2.31. The van der Waals surface area contributed by atoms with Gasteiger partial charge in [-0.3, -0.25) is 0 Å². The van der Waals surface area contributed by atoms with Crippen molar-refractivity contribution in [3.63, 3.8) is 0 Å². The summed E-state index contributed by atoms with van der Waals surface area (Å²) in [5, 5.41) is 3.80. The summed E-state index contributed by atoms with van der Waals surface area (Å²) < 4.78 is 23.3. The van der Waals surface area contributed by atoms with Crippen molar-refractivity contribution < 1.29 is 23.1 Å². The fourth-order valence-corrected chi connectivity index (χ4v) is 4.60. The molecule has 132 valence electrons. The van der Waals surface area contributed by atoms with Gasteiger partial charge in [0.1, 0.15) is 18.2 Å². The summed E-state index contributed by atoms with van der Waals surface area (Å²) in [7, 11) is -2.53. The monoisotopic (exact) mass is 361 g/mol. The van der Waals surface area contributed by atoms with Crippen LogP contribution in [0.5, 0.6) is 0 Å². The number of methoxy groups -OCH3 is 1. The van der Waals surface area contributed by atoms with Crippen LogP contribution in [0, 0.1) is 0 Å². The van der Waals surface area contributed by atoms with Gasteiger partial charge < -0.3 is 23.1 Å². The summed E-state index contributed by atoms with van der Waals surface area (Å²) >= 11 is 0. The van der Waals surface area contributed by atoms with Gasteiger partial charge in [-0.1, -0.05) is 5.11 Å². The first-order valence-corrected chi connectivity index (χ1v) is 14.4. The Bertz CT molecular complexity index is 460. The molecule has 1 rings (SSSR count). The predicted molar refractivity (Wildman–Crippen MR) is 91.1 cm³/mol. The molecular formula is C13H27N3O5Si2. The van der Waals surface area contributed by atoms with Crippen LogP contribution in [-0.4, -0.2) is 60.7 Å². The van der Waals surface area contributed by atoms with Crippen LogP contribution >= 0.6 is 0 Å². The highest BCUT2D eigenvalue weighted by atomic mass is 28.4. The molecule has 0 aromatic rings. The molecule has 1 saturated heterocycles. The van der Waals surface area contributed by atoms with Crippen LogP contribution in [-0.2, 0) is 23.1 Å². The fourth-order valence-electron chi connectivity index (χ4n) is 2.42. The topological polar surface area (TPSA) is 103 Å². The normalized spacial score (nSPS) is 32.2. The van der Waals surface area contributed by atoms with Crippen molar-refractivity contribution in [3.05, 3.63) is 10.4 Å². The van der Waals surface area contributed by atoms with Crippen molar-refractivity contribution in [2.75, 3.05) is 7.11 Å². The summed E-state index contributed by atoms with van der Waals surface area (Å²) in [5.41, 5.74) is 8.89. The Morgan fingerprint density at radius 2 is 1.61 bits per heavy atom. The third kappa shape index (κ3) is 5.99. The van der Waals surface area contributed by atoms with Gasteiger partial charge in [-0.25, -0.2) is 0 Å². The molecule has 0 amide bonds. The Hall–Kier alpha value is -0.746. The first kappa shape index (κ1) is 20.3. The molecule has 0 N–H and O–H groups in total. The van der Waals surface area contributed by atoms with Crippen LogP contribution in [0.25, 0.3) is 10.4 Å². The average Bonchev–Trinajstić information content (AvgIpc) is 2.40. The molecule has 0 radical (unpaired) electrons. The highest BCUT2D eigenvalue weighted by Gasteiger charge is 2.49. The largest absolute Gasteiger partial charge is 0.411 e. The second kappa shape index (κ2) is 7.88. The molecule has 0 aromatic heterocycles. The minimum atomic E-state index is -1.99. The standard InChI is InChI=1S/C13H27N3O5Si2/c1-18-13-10(15-16-14)12(21-23(5,6)7)11(9(8-17)19-13)20-22(2,3)4/h8-13H,1-7H3/t9-,10-,11+,12-,13?/m1/s1. The first-order valence-electron chi connectivity index (χ1n) is 7.56. The molecule has 1 heterocycles. The molecule has 0 aliphatic carbocycles. The number of carbonyl (C=O) groups is 1. The molecule has 10 heteroatoms. The minimum Gasteiger partial charge on any atom is -0.411 e. The molecule has 0 saturated carbocycles. The highest BCUT2D eigenvalue weighted by molar-refractivity contribution is 6.70. The number of ether oxygens (including phenoxy) is 2. The van der Waals surface area contributed by atoms with E-state index in [9.17, 15) is 4.79 Å². The molecule has 23 heavy (non-hydrogen) atoms. The summed E-state index contributed by atoms with van der Waals surface area (Å²) in [6, 6.07) is -0.714. The van der Waals surface area contributed by atoms with Gasteiger partial charge in [0.25, 0.3) is 0 Å². The maximum Gasteiger partial charge on any atom is 0.184 e. The summed E-state index contributed by atoms with van der Waals surface area (Å²) in [4.78, 5) is 14.4. The van der Waals surface area contributed by atoms with Crippen molar-refractivity contribution >= 4 is 22.9 Å². The van der Waals surface area contributed by atoms with Crippen molar-refractivity contribution in [2.24, 2.45) is 5.11 Å². The van der Waals surface area contributed by atoms with Gasteiger partial charge in [0.15, 0.2) is 29.2 Å². The summed E-state index contributed by atoms with van der Waals surface area (Å²) in [6.07, 6.45) is -2.17. The number of aldehydes is 1. The third-order valence-corrected chi connectivity index (χ3v) is 5.04. The smallest absolute Gasteiger partial charge is 0.184 e. The van der Waals surface area contributed by atoms with Crippen LogP contribution in [0.3, 0.4) is 0 Å². The lowest BCUT2D eigenvalue weighted by Gasteiger charge is -2.46. The van der Waals surface area contributed by atoms with Crippen LogP contribution < -0.4 is 0 Å². The van der Waals surface area contributed by atoms with E-state index in [4.69, 9.17) is 23.9 Å². The maximum absolute atomic E-state index is 11.5.